The molecule has 3 aromatic rings. The summed E-state index contributed by atoms with van der Waals surface area (Å²) in [7, 11) is 0. The van der Waals surface area contributed by atoms with Crippen molar-refractivity contribution < 1.29 is 4.79 Å². The molecule has 1 aromatic carbocycles. The van der Waals surface area contributed by atoms with E-state index in [1.54, 1.807) is 0 Å². The molecule has 26 heavy (non-hydrogen) atoms. The van der Waals surface area contributed by atoms with Crippen molar-refractivity contribution in [1.29, 1.82) is 0 Å². The molecule has 4 heteroatoms. The van der Waals surface area contributed by atoms with Gasteiger partial charge in [0.25, 0.3) is 5.91 Å². The molecule has 0 aliphatic carbocycles. The first-order valence-corrected chi connectivity index (χ1v) is 9.37. The topological polar surface area (TPSA) is 49.0 Å². The quantitative estimate of drug-likeness (QED) is 0.720. The van der Waals surface area contributed by atoms with Gasteiger partial charge in [-0.1, -0.05) is 17.7 Å². The molecule has 4 rings (SSSR count). The Bertz CT molecular complexity index is 958. The summed E-state index contributed by atoms with van der Waals surface area (Å²) in [5.74, 6) is 0.0890. The predicted octanol–water partition coefficient (Wildman–Crippen LogP) is 4.86. The number of benzene rings is 1. The molecule has 4 nitrogen and oxygen atoms in total. The summed E-state index contributed by atoms with van der Waals surface area (Å²) < 4.78 is 0. The van der Waals surface area contributed by atoms with E-state index in [-0.39, 0.29) is 11.9 Å². The van der Waals surface area contributed by atoms with E-state index in [4.69, 9.17) is 0 Å². The minimum atomic E-state index is 0.0612. The number of carbonyl (C=O) groups excluding carboxylic acids is 1. The number of H-pyrrole nitrogens is 1. The predicted molar refractivity (Wildman–Crippen MR) is 104 cm³/mol. The van der Waals surface area contributed by atoms with E-state index in [1.165, 1.54) is 11.1 Å². The third kappa shape index (κ3) is 2.79. The Morgan fingerprint density at radius 1 is 1.19 bits per heavy atom. The molecule has 1 aliphatic heterocycles. The first-order valence-electron chi connectivity index (χ1n) is 9.37. The summed E-state index contributed by atoms with van der Waals surface area (Å²) in [5.41, 5.74) is 6.23. The maximum Gasteiger partial charge on any atom is 0.271 e. The van der Waals surface area contributed by atoms with Crippen LogP contribution >= 0.6 is 0 Å². The summed E-state index contributed by atoms with van der Waals surface area (Å²) in [5, 5.41) is 1.15. The van der Waals surface area contributed by atoms with E-state index in [0.29, 0.717) is 0 Å². The van der Waals surface area contributed by atoms with Gasteiger partial charge >= 0.3 is 0 Å². The molecule has 0 radical (unpaired) electrons. The standard InChI is InChI=1S/C22H25N3O/c1-14-12-15(2)20-17(13-14)16(3)21(24-20)22(26)25-11-7-5-9-19(25)18-8-4-6-10-23-18/h4,6,8,10,12-13,19,24H,5,7,9,11H2,1-3H3/t19-/m1/s1. The van der Waals surface area contributed by atoms with Gasteiger partial charge in [0, 0.05) is 23.6 Å². The van der Waals surface area contributed by atoms with Crippen LogP contribution in [-0.4, -0.2) is 27.3 Å². The van der Waals surface area contributed by atoms with Gasteiger partial charge < -0.3 is 9.88 Å². The van der Waals surface area contributed by atoms with Gasteiger partial charge in [-0.3, -0.25) is 9.78 Å². The molecule has 0 saturated carbocycles. The normalized spacial score (nSPS) is 17.7. The summed E-state index contributed by atoms with van der Waals surface area (Å²) in [6.45, 7) is 7.02. The van der Waals surface area contributed by atoms with Gasteiger partial charge in [-0.2, -0.15) is 0 Å². The fourth-order valence-corrected chi connectivity index (χ4v) is 4.20. The van der Waals surface area contributed by atoms with Crippen molar-refractivity contribution in [3.8, 4) is 0 Å². The number of aromatic amines is 1. The minimum Gasteiger partial charge on any atom is -0.350 e. The van der Waals surface area contributed by atoms with Gasteiger partial charge in [-0.05, 0) is 69.4 Å². The van der Waals surface area contributed by atoms with Gasteiger partial charge in [-0.25, -0.2) is 0 Å². The van der Waals surface area contributed by atoms with Crippen LogP contribution < -0.4 is 0 Å². The zero-order valence-corrected chi connectivity index (χ0v) is 15.7. The number of piperidine rings is 1. The van der Waals surface area contributed by atoms with Crippen LogP contribution in [-0.2, 0) is 0 Å². The Hall–Kier alpha value is -2.62. The van der Waals surface area contributed by atoms with Crippen molar-refractivity contribution in [3.63, 3.8) is 0 Å². The molecule has 1 saturated heterocycles. The molecule has 2 aromatic heterocycles. The molecule has 1 amide bonds. The number of rotatable bonds is 2. The zero-order chi connectivity index (χ0) is 18.3. The number of likely N-dealkylation sites (tertiary alicyclic amines) is 1. The number of hydrogen-bond acceptors (Lipinski definition) is 2. The van der Waals surface area contributed by atoms with E-state index in [9.17, 15) is 4.79 Å². The van der Waals surface area contributed by atoms with Crippen LogP contribution in [0.2, 0.25) is 0 Å². The lowest BCUT2D eigenvalue weighted by Gasteiger charge is -2.35. The first kappa shape index (κ1) is 16.8. The van der Waals surface area contributed by atoms with Crippen LogP contribution in [0.1, 0.15) is 58.2 Å². The average molecular weight is 347 g/mol. The highest BCUT2D eigenvalue weighted by Gasteiger charge is 2.31. The summed E-state index contributed by atoms with van der Waals surface area (Å²) in [4.78, 5) is 23.4. The summed E-state index contributed by atoms with van der Waals surface area (Å²) >= 11 is 0. The molecule has 0 unspecified atom stereocenters. The highest BCUT2D eigenvalue weighted by molar-refractivity contribution is 6.02. The second-order valence-corrected chi connectivity index (χ2v) is 7.39. The van der Waals surface area contributed by atoms with Crippen LogP contribution in [0.25, 0.3) is 10.9 Å². The maximum absolute atomic E-state index is 13.4. The first-order chi connectivity index (χ1) is 12.6. The number of hydrogen-bond donors (Lipinski definition) is 1. The van der Waals surface area contributed by atoms with Crippen molar-refractivity contribution in [3.05, 3.63) is 64.6 Å². The SMILES string of the molecule is Cc1cc(C)c2[nH]c(C(=O)N3CCCC[C@@H]3c3ccccn3)c(C)c2c1. The van der Waals surface area contributed by atoms with Gasteiger partial charge in [-0.15, -0.1) is 0 Å². The molecular formula is C22H25N3O. The number of amides is 1. The Labute approximate surface area is 154 Å². The summed E-state index contributed by atoms with van der Waals surface area (Å²) in [6, 6.07) is 10.3. The fraction of sp³-hybridized carbons (Fsp3) is 0.364. The number of nitrogens with one attached hydrogen (secondary N) is 1. The summed E-state index contributed by atoms with van der Waals surface area (Å²) in [6.07, 6.45) is 4.97. The molecule has 1 aliphatic rings. The van der Waals surface area contributed by atoms with Crippen molar-refractivity contribution in [2.45, 2.75) is 46.1 Å². The van der Waals surface area contributed by atoms with Gasteiger partial charge in [0.05, 0.1) is 11.7 Å². The molecule has 0 bridgehead atoms. The minimum absolute atomic E-state index is 0.0612. The molecule has 134 valence electrons. The van der Waals surface area contributed by atoms with Crippen LogP contribution in [0, 0.1) is 20.8 Å². The Morgan fingerprint density at radius 2 is 2.04 bits per heavy atom. The molecule has 3 heterocycles. The van der Waals surface area contributed by atoms with Crippen LogP contribution in [0.15, 0.2) is 36.5 Å². The molecule has 1 atom stereocenters. The number of nitrogens with zero attached hydrogens (tertiary/aromatic N) is 2. The highest BCUT2D eigenvalue weighted by atomic mass is 16.2. The van der Waals surface area contributed by atoms with Crippen molar-refractivity contribution in [2.75, 3.05) is 6.54 Å². The van der Waals surface area contributed by atoms with E-state index in [1.807, 2.05) is 36.2 Å². The second kappa shape index (κ2) is 6.60. The lowest BCUT2D eigenvalue weighted by atomic mass is 9.98. The van der Waals surface area contributed by atoms with Crippen molar-refractivity contribution >= 4 is 16.8 Å². The van der Waals surface area contributed by atoms with Gasteiger partial charge in [0.15, 0.2) is 0 Å². The smallest absolute Gasteiger partial charge is 0.271 e. The van der Waals surface area contributed by atoms with Crippen LogP contribution in [0.4, 0.5) is 0 Å². The number of fused-ring (bicyclic) bond motifs is 1. The van der Waals surface area contributed by atoms with E-state index in [0.717, 1.165) is 53.7 Å². The molecule has 0 spiro atoms. The highest BCUT2D eigenvalue weighted by Crippen LogP contribution is 2.33. The van der Waals surface area contributed by atoms with E-state index in [2.05, 4.69) is 35.9 Å². The molecular weight excluding hydrogens is 322 g/mol. The second-order valence-electron chi connectivity index (χ2n) is 7.39. The van der Waals surface area contributed by atoms with Crippen LogP contribution in [0.3, 0.4) is 0 Å². The third-order valence-corrected chi connectivity index (χ3v) is 5.52. The number of pyridine rings is 1. The zero-order valence-electron chi connectivity index (χ0n) is 15.7. The van der Waals surface area contributed by atoms with Crippen LogP contribution in [0.5, 0.6) is 0 Å². The Morgan fingerprint density at radius 3 is 2.81 bits per heavy atom. The van der Waals surface area contributed by atoms with Crippen molar-refractivity contribution in [1.82, 2.24) is 14.9 Å². The number of aromatic nitrogens is 2. The Balaban J connectivity index is 1.75. The number of aryl methyl sites for hydroxylation is 3. The fourth-order valence-electron chi connectivity index (χ4n) is 4.20. The monoisotopic (exact) mass is 347 g/mol. The molecule has 1 fully saturated rings. The Kier molecular flexibility index (Phi) is 4.27. The third-order valence-electron chi connectivity index (χ3n) is 5.52. The van der Waals surface area contributed by atoms with E-state index < -0.39 is 0 Å². The average Bonchev–Trinajstić information content (AvgIpc) is 2.99. The number of carbonyl (C=O) groups is 1. The maximum atomic E-state index is 13.4. The van der Waals surface area contributed by atoms with E-state index >= 15 is 0 Å². The molecule has 1 N–H and O–H groups in total. The lowest BCUT2D eigenvalue weighted by molar-refractivity contribution is 0.0600. The van der Waals surface area contributed by atoms with Gasteiger partial charge in [0.1, 0.15) is 5.69 Å². The largest absolute Gasteiger partial charge is 0.350 e. The van der Waals surface area contributed by atoms with Crippen molar-refractivity contribution in [2.24, 2.45) is 0 Å². The van der Waals surface area contributed by atoms with Gasteiger partial charge in [0.2, 0.25) is 0 Å². The lowest BCUT2D eigenvalue weighted by Crippen LogP contribution is -2.39.